The van der Waals surface area contributed by atoms with Crippen LogP contribution in [-0.2, 0) is 0 Å². The van der Waals surface area contributed by atoms with Crippen LogP contribution in [0.1, 0.15) is 24.8 Å². The molecule has 2 heteroatoms. The first-order chi connectivity index (χ1) is 6.33. The Balaban J connectivity index is 2.22. The van der Waals surface area contributed by atoms with Crippen LogP contribution in [0.3, 0.4) is 0 Å². The molecular weight excluding hydrogens is 162 g/mol. The van der Waals surface area contributed by atoms with E-state index < -0.39 is 0 Å². The minimum absolute atomic E-state index is 0.349. The number of benzene rings is 1. The Morgan fingerprint density at radius 1 is 1.46 bits per heavy atom. The Morgan fingerprint density at radius 2 is 2.15 bits per heavy atom. The molecule has 1 aromatic carbocycles. The summed E-state index contributed by atoms with van der Waals surface area (Å²) in [5.41, 5.74) is 7.08. The van der Waals surface area contributed by atoms with Crippen LogP contribution in [0.4, 0.5) is 0 Å². The average molecular weight is 177 g/mol. The minimum atomic E-state index is 0.349. The Kier molecular flexibility index (Phi) is 2.23. The van der Waals surface area contributed by atoms with E-state index in [1.54, 1.807) is 0 Å². The van der Waals surface area contributed by atoms with Crippen molar-refractivity contribution in [3.8, 4) is 5.75 Å². The van der Waals surface area contributed by atoms with Crippen LogP contribution in [0.5, 0.6) is 5.75 Å². The van der Waals surface area contributed by atoms with E-state index in [0.29, 0.717) is 12.0 Å². The van der Waals surface area contributed by atoms with Gasteiger partial charge in [-0.25, -0.2) is 0 Å². The Morgan fingerprint density at radius 3 is 2.77 bits per heavy atom. The summed E-state index contributed by atoms with van der Waals surface area (Å²) in [6.07, 6.45) is 1.10. The average Bonchev–Trinajstić information content (AvgIpc) is 2.84. The molecular formula is C11H15NO. The largest absolute Gasteiger partial charge is 0.494 e. The third-order valence-electron chi connectivity index (χ3n) is 2.46. The standard InChI is InChI=1S/C11H15NO/c1-2-13-11-6-4-3-5-8(11)9-7-10(9)12/h3-6,9-10H,2,7,12H2,1H3/t9-,10-/m0/s1. The van der Waals surface area contributed by atoms with Crippen LogP contribution >= 0.6 is 0 Å². The molecule has 0 aromatic heterocycles. The summed E-state index contributed by atoms with van der Waals surface area (Å²) in [4.78, 5) is 0. The van der Waals surface area contributed by atoms with Crippen molar-refractivity contribution in [2.24, 2.45) is 5.73 Å². The van der Waals surface area contributed by atoms with Crippen molar-refractivity contribution in [3.63, 3.8) is 0 Å². The summed E-state index contributed by atoms with van der Waals surface area (Å²) in [5.74, 6) is 1.53. The maximum atomic E-state index is 5.81. The van der Waals surface area contributed by atoms with Crippen molar-refractivity contribution in [3.05, 3.63) is 29.8 Å². The lowest BCUT2D eigenvalue weighted by molar-refractivity contribution is 0.336. The molecule has 0 spiro atoms. The Hall–Kier alpha value is -1.02. The van der Waals surface area contributed by atoms with Crippen LogP contribution in [-0.4, -0.2) is 12.6 Å². The third kappa shape index (κ3) is 1.68. The fourth-order valence-corrected chi connectivity index (χ4v) is 1.65. The summed E-state index contributed by atoms with van der Waals surface area (Å²) >= 11 is 0. The summed E-state index contributed by atoms with van der Waals surface area (Å²) in [6, 6.07) is 8.53. The molecule has 0 aliphatic heterocycles. The van der Waals surface area contributed by atoms with Crippen molar-refractivity contribution in [1.82, 2.24) is 0 Å². The van der Waals surface area contributed by atoms with E-state index in [1.165, 1.54) is 5.56 Å². The molecule has 0 heterocycles. The number of hydrogen-bond donors (Lipinski definition) is 1. The van der Waals surface area contributed by atoms with E-state index in [4.69, 9.17) is 10.5 Å². The summed E-state index contributed by atoms with van der Waals surface area (Å²) in [5, 5.41) is 0. The maximum absolute atomic E-state index is 5.81. The molecule has 70 valence electrons. The molecule has 0 bridgehead atoms. The lowest BCUT2D eigenvalue weighted by Gasteiger charge is -2.08. The number of para-hydroxylation sites is 1. The monoisotopic (exact) mass is 177 g/mol. The topological polar surface area (TPSA) is 35.2 Å². The highest BCUT2D eigenvalue weighted by Gasteiger charge is 2.36. The summed E-state index contributed by atoms with van der Waals surface area (Å²) in [7, 11) is 0. The van der Waals surface area contributed by atoms with Gasteiger partial charge in [-0.3, -0.25) is 0 Å². The van der Waals surface area contributed by atoms with Gasteiger partial charge in [0.2, 0.25) is 0 Å². The third-order valence-corrected chi connectivity index (χ3v) is 2.46. The summed E-state index contributed by atoms with van der Waals surface area (Å²) in [6.45, 7) is 2.72. The Bertz CT molecular complexity index is 298. The second kappa shape index (κ2) is 3.38. The quantitative estimate of drug-likeness (QED) is 0.765. The van der Waals surface area contributed by atoms with E-state index in [9.17, 15) is 0 Å². The van der Waals surface area contributed by atoms with Crippen LogP contribution in [0.2, 0.25) is 0 Å². The molecule has 1 aliphatic carbocycles. The highest BCUT2D eigenvalue weighted by atomic mass is 16.5. The van der Waals surface area contributed by atoms with Crippen LogP contribution < -0.4 is 10.5 Å². The van der Waals surface area contributed by atoms with E-state index in [-0.39, 0.29) is 0 Å². The van der Waals surface area contributed by atoms with Gasteiger partial charge in [0.05, 0.1) is 6.61 Å². The Labute approximate surface area is 78.7 Å². The smallest absolute Gasteiger partial charge is 0.122 e. The van der Waals surface area contributed by atoms with Crippen LogP contribution in [0.25, 0.3) is 0 Å². The van der Waals surface area contributed by atoms with Gasteiger partial charge >= 0.3 is 0 Å². The van der Waals surface area contributed by atoms with Gasteiger partial charge in [-0.05, 0) is 25.0 Å². The van der Waals surface area contributed by atoms with Gasteiger partial charge in [0.15, 0.2) is 0 Å². The zero-order chi connectivity index (χ0) is 9.26. The van der Waals surface area contributed by atoms with Crippen molar-refractivity contribution < 1.29 is 4.74 Å². The molecule has 2 atom stereocenters. The zero-order valence-electron chi connectivity index (χ0n) is 7.86. The molecule has 1 aliphatic rings. The zero-order valence-corrected chi connectivity index (χ0v) is 7.86. The first-order valence-corrected chi connectivity index (χ1v) is 4.80. The van der Waals surface area contributed by atoms with E-state index >= 15 is 0 Å². The first kappa shape index (κ1) is 8.57. The van der Waals surface area contributed by atoms with Crippen molar-refractivity contribution in [2.75, 3.05) is 6.61 Å². The number of ether oxygens (including phenoxy) is 1. The lowest BCUT2D eigenvalue weighted by atomic mass is 10.1. The molecule has 0 amide bonds. The first-order valence-electron chi connectivity index (χ1n) is 4.80. The number of hydrogen-bond acceptors (Lipinski definition) is 2. The normalized spacial score (nSPS) is 25.7. The molecule has 0 unspecified atom stereocenters. The van der Waals surface area contributed by atoms with Gasteiger partial charge in [0.25, 0.3) is 0 Å². The van der Waals surface area contributed by atoms with E-state index in [1.807, 2.05) is 25.1 Å². The molecule has 0 radical (unpaired) electrons. The van der Waals surface area contributed by atoms with Gasteiger partial charge in [-0.2, -0.15) is 0 Å². The molecule has 2 nitrogen and oxygen atoms in total. The van der Waals surface area contributed by atoms with E-state index in [0.717, 1.165) is 18.8 Å². The van der Waals surface area contributed by atoms with Crippen molar-refractivity contribution in [1.29, 1.82) is 0 Å². The highest BCUT2D eigenvalue weighted by molar-refractivity contribution is 5.40. The van der Waals surface area contributed by atoms with Crippen LogP contribution in [0, 0.1) is 0 Å². The second-order valence-electron chi connectivity index (χ2n) is 3.48. The number of rotatable bonds is 3. The van der Waals surface area contributed by atoms with Gasteiger partial charge in [0, 0.05) is 12.0 Å². The molecule has 2 N–H and O–H groups in total. The molecule has 1 aromatic rings. The fourth-order valence-electron chi connectivity index (χ4n) is 1.65. The van der Waals surface area contributed by atoms with Crippen LogP contribution in [0.15, 0.2) is 24.3 Å². The van der Waals surface area contributed by atoms with Gasteiger partial charge in [-0.1, -0.05) is 18.2 Å². The van der Waals surface area contributed by atoms with Crippen molar-refractivity contribution >= 4 is 0 Å². The van der Waals surface area contributed by atoms with Gasteiger partial charge in [0.1, 0.15) is 5.75 Å². The van der Waals surface area contributed by atoms with Gasteiger partial charge in [-0.15, -0.1) is 0 Å². The number of nitrogens with two attached hydrogens (primary N) is 1. The molecule has 2 rings (SSSR count). The highest BCUT2D eigenvalue weighted by Crippen LogP contribution is 2.43. The summed E-state index contributed by atoms with van der Waals surface area (Å²) < 4.78 is 5.53. The molecule has 1 saturated carbocycles. The van der Waals surface area contributed by atoms with Gasteiger partial charge < -0.3 is 10.5 Å². The second-order valence-corrected chi connectivity index (χ2v) is 3.48. The maximum Gasteiger partial charge on any atom is 0.122 e. The lowest BCUT2D eigenvalue weighted by Crippen LogP contribution is -2.02. The predicted molar refractivity (Wildman–Crippen MR) is 52.9 cm³/mol. The van der Waals surface area contributed by atoms with E-state index in [2.05, 4.69) is 6.07 Å². The SMILES string of the molecule is CCOc1ccccc1[C@@H]1C[C@@H]1N. The fraction of sp³-hybridized carbons (Fsp3) is 0.455. The molecule has 13 heavy (non-hydrogen) atoms. The molecule has 1 fully saturated rings. The van der Waals surface area contributed by atoms with Crippen molar-refractivity contribution in [2.45, 2.75) is 25.3 Å². The predicted octanol–water partition coefficient (Wildman–Crippen LogP) is 1.90. The molecule has 0 saturated heterocycles. The minimum Gasteiger partial charge on any atom is -0.494 e.